The van der Waals surface area contributed by atoms with Crippen LogP contribution in [-0.4, -0.2) is 23.3 Å². The summed E-state index contributed by atoms with van der Waals surface area (Å²) in [6.45, 7) is 3.95. The molecule has 27 heavy (non-hydrogen) atoms. The largest absolute Gasteiger partial charge is 0.352 e. The summed E-state index contributed by atoms with van der Waals surface area (Å²) in [4.78, 5) is 27.9. The van der Waals surface area contributed by atoms with Crippen LogP contribution < -0.4 is 10.6 Å². The average molecular weight is 379 g/mol. The van der Waals surface area contributed by atoms with E-state index in [4.69, 9.17) is 0 Å². The quantitative estimate of drug-likeness (QED) is 0.679. The van der Waals surface area contributed by atoms with Crippen LogP contribution >= 0.6 is 11.3 Å². The number of aryl methyl sites for hydroxylation is 1. The van der Waals surface area contributed by atoms with Crippen LogP contribution in [0.2, 0.25) is 0 Å². The van der Waals surface area contributed by atoms with Gasteiger partial charge in [0.05, 0.1) is 5.69 Å². The predicted molar refractivity (Wildman–Crippen MR) is 109 cm³/mol. The van der Waals surface area contributed by atoms with Crippen molar-refractivity contribution in [3.63, 3.8) is 0 Å². The third-order valence-electron chi connectivity index (χ3n) is 4.06. The van der Waals surface area contributed by atoms with Crippen molar-refractivity contribution in [2.24, 2.45) is 0 Å². The van der Waals surface area contributed by atoms with Crippen LogP contribution in [-0.2, 0) is 11.2 Å². The SMILES string of the molecule is CC(=O)Nc1ccc(-c2nc(CCNC(=O)c3ccccc3C)cs2)cc1. The Morgan fingerprint density at radius 3 is 2.52 bits per heavy atom. The van der Waals surface area contributed by atoms with Gasteiger partial charge in [-0.15, -0.1) is 11.3 Å². The highest BCUT2D eigenvalue weighted by Gasteiger charge is 2.09. The molecule has 2 amide bonds. The van der Waals surface area contributed by atoms with E-state index in [0.29, 0.717) is 18.5 Å². The van der Waals surface area contributed by atoms with Crippen LogP contribution in [0.5, 0.6) is 0 Å². The smallest absolute Gasteiger partial charge is 0.251 e. The van der Waals surface area contributed by atoms with E-state index in [9.17, 15) is 9.59 Å². The molecule has 138 valence electrons. The molecular formula is C21H21N3O2S. The molecule has 6 heteroatoms. The Morgan fingerprint density at radius 1 is 1.07 bits per heavy atom. The summed E-state index contributed by atoms with van der Waals surface area (Å²) in [5, 5.41) is 8.63. The minimum Gasteiger partial charge on any atom is -0.352 e. The molecule has 2 N–H and O–H groups in total. The van der Waals surface area contributed by atoms with Crippen molar-refractivity contribution in [3.05, 3.63) is 70.7 Å². The summed E-state index contributed by atoms with van der Waals surface area (Å²) < 4.78 is 0. The number of rotatable bonds is 6. The second-order valence-electron chi connectivity index (χ2n) is 6.22. The lowest BCUT2D eigenvalue weighted by atomic mass is 10.1. The maximum Gasteiger partial charge on any atom is 0.251 e. The molecule has 2 aromatic carbocycles. The molecule has 3 rings (SSSR count). The maximum atomic E-state index is 12.2. The number of thiazole rings is 1. The summed E-state index contributed by atoms with van der Waals surface area (Å²) in [7, 11) is 0. The van der Waals surface area contributed by atoms with Gasteiger partial charge in [0.1, 0.15) is 5.01 Å². The third-order valence-corrected chi connectivity index (χ3v) is 5.00. The van der Waals surface area contributed by atoms with Crippen LogP contribution in [0, 0.1) is 6.92 Å². The normalized spacial score (nSPS) is 10.4. The Bertz CT molecular complexity index is 948. The van der Waals surface area contributed by atoms with Crippen LogP contribution in [0.15, 0.2) is 53.9 Å². The van der Waals surface area contributed by atoms with Crippen molar-refractivity contribution in [1.82, 2.24) is 10.3 Å². The number of carbonyl (C=O) groups excluding carboxylic acids is 2. The lowest BCUT2D eigenvalue weighted by molar-refractivity contribution is -0.114. The first-order chi connectivity index (χ1) is 13.0. The monoisotopic (exact) mass is 379 g/mol. The van der Waals surface area contributed by atoms with Crippen LogP contribution in [0.4, 0.5) is 5.69 Å². The van der Waals surface area contributed by atoms with Crippen molar-refractivity contribution in [1.29, 1.82) is 0 Å². The van der Waals surface area contributed by atoms with E-state index in [1.165, 1.54) is 6.92 Å². The summed E-state index contributed by atoms with van der Waals surface area (Å²) in [6.07, 6.45) is 0.679. The fraction of sp³-hybridized carbons (Fsp3) is 0.190. The number of nitrogens with zero attached hydrogens (tertiary/aromatic N) is 1. The van der Waals surface area contributed by atoms with Gasteiger partial charge in [-0.1, -0.05) is 18.2 Å². The number of nitrogens with one attached hydrogen (secondary N) is 2. The number of carbonyl (C=O) groups is 2. The lowest BCUT2D eigenvalue weighted by Gasteiger charge is -2.06. The molecule has 5 nitrogen and oxygen atoms in total. The van der Waals surface area contributed by atoms with Crippen molar-refractivity contribution in [3.8, 4) is 10.6 Å². The van der Waals surface area contributed by atoms with E-state index in [1.54, 1.807) is 11.3 Å². The Labute approximate surface area is 162 Å². The number of hydrogen-bond donors (Lipinski definition) is 2. The Morgan fingerprint density at radius 2 is 1.81 bits per heavy atom. The molecule has 0 aliphatic heterocycles. The summed E-state index contributed by atoms with van der Waals surface area (Å²) in [5.74, 6) is -0.149. The lowest BCUT2D eigenvalue weighted by Crippen LogP contribution is -2.26. The van der Waals surface area contributed by atoms with Crippen molar-refractivity contribution >= 4 is 28.8 Å². The van der Waals surface area contributed by atoms with Gasteiger partial charge in [-0.25, -0.2) is 4.98 Å². The van der Waals surface area contributed by atoms with Crippen LogP contribution in [0.25, 0.3) is 10.6 Å². The number of amides is 2. The fourth-order valence-corrected chi connectivity index (χ4v) is 3.54. The molecule has 3 aromatic rings. The molecule has 0 radical (unpaired) electrons. The number of anilines is 1. The van der Waals surface area contributed by atoms with Gasteiger partial charge in [-0.05, 0) is 42.8 Å². The van der Waals surface area contributed by atoms with E-state index in [1.807, 2.05) is 60.8 Å². The van der Waals surface area contributed by atoms with E-state index in [2.05, 4.69) is 15.6 Å². The number of aromatic nitrogens is 1. The van der Waals surface area contributed by atoms with Crippen LogP contribution in [0.1, 0.15) is 28.5 Å². The molecule has 0 aliphatic carbocycles. The van der Waals surface area contributed by atoms with Gasteiger partial charge >= 0.3 is 0 Å². The third kappa shape index (κ3) is 5.01. The first kappa shape index (κ1) is 18.8. The summed E-state index contributed by atoms with van der Waals surface area (Å²) in [5.41, 5.74) is 4.39. The standard InChI is InChI=1S/C21H21N3O2S/c1-14-5-3-4-6-19(14)20(26)22-12-11-18-13-27-21(24-18)16-7-9-17(10-8-16)23-15(2)25/h3-10,13H,11-12H2,1-2H3,(H,22,26)(H,23,25). The molecule has 1 heterocycles. The first-order valence-electron chi connectivity index (χ1n) is 8.69. The molecular weight excluding hydrogens is 358 g/mol. The zero-order chi connectivity index (χ0) is 19.2. The molecule has 0 bridgehead atoms. The molecule has 0 aliphatic rings. The highest BCUT2D eigenvalue weighted by molar-refractivity contribution is 7.13. The van der Waals surface area contributed by atoms with Gasteiger partial charge in [-0.2, -0.15) is 0 Å². The van der Waals surface area contributed by atoms with Crippen molar-refractivity contribution in [2.75, 3.05) is 11.9 Å². The topological polar surface area (TPSA) is 71.1 Å². The molecule has 0 saturated carbocycles. The zero-order valence-electron chi connectivity index (χ0n) is 15.3. The van der Waals surface area contributed by atoms with E-state index >= 15 is 0 Å². The minimum atomic E-state index is -0.0907. The van der Waals surface area contributed by atoms with Crippen molar-refractivity contribution < 1.29 is 9.59 Å². The van der Waals surface area contributed by atoms with Gasteiger partial charge < -0.3 is 10.6 Å². The van der Waals surface area contributed by atoms with Crippen molar-refractivity contribution in [2.45, 2.75) is 20.3 Å². The molecule has 0 spiro atoms. The number of hydrogen-bond acceptors (Lipinski definition) is 4. The van der Waals surface area contributed by atoms with Crippen LogP contribution in [0.3, 0.4) is 0 Å². The second kappa shape index (κ2) is 8.60. The number of benzene rings is 2. The highest BCUT2D eigenvalue weighted by Crippen LogP contribution is 2.25. The van der Waals surface area contributed by atoms with Gasteiger partial charge in [0.2, 0.25) is 5.91 Å². The fourth-order valence-electron chi connectivity index (χ4n) is 2.68. The Kier molecular flexibility index (Phi) is 5.98. The molecule has 1 aromatic heterocycles. The maximum absolute atomic E-state index is 12.2. The van der Waals surface area contributed by atoms with Gasteiger partial charge in [0.15, 0.2) is 0 Å². The Hall–Kier alpha value is -2.99. The predicted octanol–water partition coefficient (Wildman–Crippen LogP) is 4.05. The van der Waals surface area contributed by atoms with E-state index in [0.717, 1.165) is 27.5 Å². The average Bonchev–Trinajstić information content (AvgIpc) is 3.11. The van der Waals surface area contributed by atoms with E-state index in [-0.39, 0.29) is 11.8 Å². The molecule has 0 unspecified atom stereocenters. The van der Waals surface area contributed by atoms with E-state index < -0.39 is 0 Å². The van der Waals surface area contributed by atoms with Gasteiger partial charge in [0, 0.05) is 42.1 Å². The molecule has 0 saturated heterocycles. The molecule has 0 atom stereocenters. The summed E-state index contributed by atoms with van der Waals surface area (Å²) >= 11 is 1.57. The minimum absolute atomic E-state index is 0.0582. The zero-order valence-corrected chi connectivity index (χ0v) is 16.1. The first-order valence-corrected chi connectivity index (χ1v) is 9.57. The summed E-state index contributed by atoms with van der Waals surface area (Å²) in [6, 6.07) is 15.1. The Balaban J connectivity index is 1.56. The highest BCUT2D eigenvalue weighted by atomic mass is 32.1. The van der Waals surface area contributed by atoms with Gasteiger partial charge in [-0.3, -0.25) is 9.59 Å². The van der Waals surface area contributed by atoms with Gasteiger partial charge in [0.25, 0.3) is 5.91 Å². The second-order valence-corrected chi connectivity index (χ2v) is 7.08. The molecule has 0 fully saturated rings.